The Bertz CT molecular complexity index is 1950. The standard InChI is InChI=1S/C37H41F3N2O5S4/c1-22(2)36(14-11-25-13-16-49-21-25)27(9-7-24-12-15-48-20-24)32(43)33(34(44)47-36)50-30-17-23(3)29(18-28(30)35(4,5)6)42-51(45,46)31-10-8-26(19-41-31)37(38,39)40/h8,10,12-13,15-22,27,33,42H,7,9,11,14H2,1-6H3. The van der Waals surface area contributed by atoms with Gasteiger partial charge in [-0.2, -0.15) is 44.3 Å². The molecule has 3 unspecified atom stereocenters. The van der Waals surface area contributed by atoms with Crippen molar-refractivity contribution in [3.63, 3.8) is 0 Å². The highest BCUT2D eigenvalue weighted by molar-refractivity contribution is 8.01. The third-order valence-corrected chi connectivity index (χ3v) is 13.3. The van der Waals surface area contributed by atoms with Gasteiger partial charge in [-0.15, -0.1) is 11.8 Å². The average molecular weight is 779 g/mol. The summed E-state index contributed by atoms with van der Waals surface area (Å²) in [6.45, 7) is 11.5. The number of esters is 1. The molecule has 0 radical (unpaired) electrons. The molecule has 0 bridgehead atoms. The summed E-state index contributed by atoms with van der Waals surface area (Å²) in [4.78, 5) is 32.8. The zero-order valence-corrected chi connectivity index (χ0v) is 32.4. The number of thiophene rings is 2. The minimum absolute atomic E-state index is 0.124. The molecule has 0 saturated carbocycles. The third-order valence-electron chi connectivity index (χ3n) is 9.32. The van der Waals surface area contributed by atoms with E-state index in [1.807, 2.05) is 57.5 Å². The molecule has 1 aliphatic heterocycles. The molecule has 0 spiro atoms. The predicted octanol–water partition coefficient (Wildman–Crippen LogP) is 9.49. The number of nitrogens with one attached hydrogen (secondary N) is 1. The molecule has 1 N–H and O–H groups in total. The number of ketones is 1. The van der Waals surface area contributed by atoms with Crippen LogP contribution in [0.15, 0.2) is 74.0 Å². The highest BCUT2D eigenvalue weighted by Gasteiger charge is 2.56. The van der Waals surface area contributed by atoms with Gasteiger partial charge in [0.15, 0.2) is 16.1 Å². The van der Waals surface area contributed by atoms with E-state index >= 15 is 0 Å². The van der Waals surface area contributed by atoms with Crippen LogP contribution < -0.4 is 4.72 Å². The molecule has 1 aromatic carbocycles. The van der Waals surface area contributed by atoms with E-state index in [2.05, 4.69) is 20.5 Å². The van der Waals surface area contributed by atoms with E-state index in [1.165, 1.54) is 0 Å². The van der Waals surface area contributed by atoms with Crippen LogP contribution in [0.4, 0.5) is 18.9 Å². The van der Waals surface area contributed by atoms with E-state index in [-0.39, 0.29) is 17.4 Å². The molecule has 1 fully saturated rings. The average Bonchev–Trinajstić information content (AvgIpc) is 3.77. The van der Waals surface area contributed by atoms with Crippen LogP contribution in [0.1, 0.15) is 75.3 Å². The molecule has 0 aliphatic carbocycles. The van der Waals surface area contributed by atoms with Gasteiger partial charge in [-0.05, 0) is 124 Å². The molecule has 5 rings (SSSR count). The second kappa shape index (κ2) is 15.0. The van der Waals surface area contributed by atoms with Crippen molar-refractivity contribution >= 4 is 61.9 Å². The number of aromatic nitrogens is 1. The number of carbonyl (C=O) groups is 2. The summed E-state index contributed by atoms with van der Waals surface area (Å²) in [7, 11) is -4.36. The molecular formula is C37H41F3N2O5S4. The quantitative estimate of drug-likeness (QED) is 0.113. The normalized spacial score (nSPS) is 20.1. The fourth-order valence-corrected chi connectivity index (χ4v) is 10.3. The highest BCUT2D eigenvalue weighted by Crippen LogP contribution is 2.47. The van der Waals surface area contributed by atoms with Crippen molar-refractivity contribution < 1.29 is 35.9 Å². The zero-order valence-electron chi connectivity index (χ0n) is 29.2. The van der Waals surface area contributed by atoms with Crippen molar-refractivity contribution in [3.8, 4) is 0 Å². The van der Waals surface area contributed by atoms with E-state index in [9.17, 15) is 31.2 Å². The van der Waals surface area contributed by atoms with Crippen LogP contribution in [0.5, 0.6) is 0 Å². The second-order valence-electron chi connectivity index (χ2n) is 14.2. The maximum atomic E-state index is 14.6. The number of cyclic esters (lactones) is 1. The number of sulfonamides is 1. The number of aryl methyl sites for hydroxylation is 3. The molecule has 4 aromatic rings. The van der Waals surface area contributed by atoms with Crippen LogP contribution in [0, 0.1) is 18.8 Å². The van der Waals surface area contributed by atoms with Gasteiger partial charge in [-0.3, -0.25) is 14.3 Å². The minimum atomic E-state index is -4.66. The monoisotopic (exact) mass is 778 g/mol. The lowest BCUT2D eigenvalue weighted by Crippen LogP contribution is -2.59. The summed E-state index contributed by atoms with van der Waals surface area (Å²) >= 11 is 4.31. The number of rotatable bonds is 12. The first-order valence-electron chi connectivity index (χ1n) is 16.5. The largest absolute Gasteiger partial charge is 0.457 e. The second-order valence-corrected chi connectivity index (χ2v) is 18.5. The Morgan fingerprint density at radius 2 is 1.65 bits per heavy atom. The van der Waals surface area contributed by atoms with Crippen molar-refractivity contribution in [2.75, 3.05) is 4.72 Å². The molecule has 1 aliphatic rings. The SMILES string of the molecule is Cc1cc(SC2C(=O)OC(CCc3ccsc3)(C(C)C)C(CCc3ccsc3)C2=O)c(C(C)(C)C)cc1NS(=O)(=O)c1ccc(C(F)(F)F)cn1. The fourth-order valence-electron chi connectivity index (χ4n) is 6.41. The van der Waals surface area contributed by atoms with Gasteiger partial charge in [0.05, 0.1) is 17.2 Å². The molecule has 51 heavy (non-hydrogen) atoms. The van der Waals surface area contributed by atoms with Gasteiger partial charge in [0.2, 0.25) is 0 Å². The number of ether oxygens (including phenoxy) is 1. The summed E-state index contributed by atoms with van der Waals surface area (Å²) < 4.78 is 74.5. The van der Waals surface area contributed by atoms with Gasteiger partial charge < -0.3 is 4.74 Å². The lowest BCUT2D eigenvalue weighted by molar-refractivity contribution is -0.187. The number of hydrogen-bond donors (Lipinski definition) is 1. The number of thioether (sulfide) groups is 1. The first-order chi connectivity index (χ1) is 23.8. The number of benzene rings is 1. The Morgan fingerprint density at radius 1 is 1.00 bits per heavy atom. The first kappa shape index (κ1) is 39.0. The van der Waals surface area contributed by atoms with Crippen LogP contribution in [0.3, 0.4) is 0 Å². The zero-order chi connectivity index (χ0) is 37.4. The van der Waals surface area contributed by atoms with E-state index < -0.39 is 54.9 Å². The molecule has 274 valence electrons. The van der Waals surface area contributed by atoms with E-state index in [0.29, 0.717) is 54.0 Å². The number of anilines is 1. The number of Topliss-reactive ketones (excluding diaryl/α,β-unsaturated/α-hetero) is 1. The maximum absolute atomic E-state index is 14.6. The molecular weight excluding hydrogens is 738 g/mol. The van der Waals surface area contributed by atoms with Crippen LogP contribution in [-0.2, 0) is 48.8 Å². The minimum Gasteiger partial charge on any atom is -0.457 e. The topological polar surface area (TPSA) is 102 Å². The van der Waals surface area contributed by atoms with Crippen molar-refractivity contribution in [2.45, 2.75) is 99.6 Å². The molecule has 7 nitrogen and oxygen atoms in total. The number of alkyl halides is 3. The number of carbonyl (C=O) groups excluding carboxylic acids is 2. The van der Waals surface area contributed by atoms with Crippen molar-refractivity contribution in [2.24, 2.45) is 11.8 Å². The van der Waals surface area contributed by atoms with Gasteiger partial charge in [-0.25, -0.2) is 4.98 Å². The van der Waals surface area contributed by atoms with Crippen molar-refractivity contribution in [1.29, 1.82) is 0 Å². The number of nitrogens with zero attached hydrogens (tertiary/aromatic N) is 1. The Kier molecular flexibility index (Phi) is 11.5. The van der Waals surface area contributed by atoms with Crippen LogP contribution in [0.2, 0.25) is 0 Å². The molecule has 4 heterocycles. The van der Waals surface area contributed by atoms with E-state index in [0.717, 1.165) is 29.0 Å². The van der Waals surface area contributed by atoms with Gasteiger partial charge in [0.25, 0.3) is 10.0 Å². The maximum Gasteiger partial charge on any atom is 0.417 e. The summed E-state index contributed by atoms with van der Waals surface area (Å²) in [6, 6.07) is 8.93. The van der Waals surface area contributed by atoms with Gasteiger partial charge in [0.1, 0.15) is 5.60 Å². The molecule has 14 heteroatoms. The number of hydrogen-bond acceptors (Lipinski definition) is 9. The Morgan fingerprint density at radius 3 is 2.18 bits per heavy atom. The van der Waals surface area contributed by atoms with Gasteiger partial charge >= 0.3 is 12.1 Å². The number of pyridine rings is 1. The lowest BCUT2D eigenvalue weighted by atomic mass is 9.69. The molecule has 0 amide bonds. The molecule has 3 aromatic heterocycles. The molecule has 3 atom stereocenters. The van der Waals surface area contributed by atoms with Crippen LogP contribution >= 0.6 is 34.4 Å². The Hall–Kier alpha value is -3.20. The lowest BCUT2D eigenvalue weighted by Gasteiger charge is -2.47. The first-order valence-corrected chi connectivity index (χ1v) is 20.7. The van der Waals surface area contributed by atoms with Gasteiger partial charge in [0, 0.05) is 11.1 Å². The third kappa shape index (κ3) is 8.72. The fraction of sp³-hybridized carbons (Fsp3) is 0.432. The number of halogens is 3. The highest BCUT2D eigenvalue weighted by atomic mass is 32.2. The Labute approximate surface area is 309 Å². The van der Waals surface area contributed by atoms with E-state index in [4.69, 9.17) is 4.74 Å². The van der Waals surface area contributed by atoms with Crippen molar-refractivity contribution in [3.05, 3.63) is 91.9 Å². The van der Waals surface area contributed by atoms with Crippen LogP contribution in [-0.4, -0.2) is 36.0 Å². The Balaban J connectivity index is 1.47. The van der Waals surface area contributed by atoms with Crippen molar-refractivity contribution in [1.82, 2.24) is 4.98 Å². The predicted molar refractivity (Wildman–Crippen MR) is 197 cm³/mol. The molecule has 1 saturated heterocycles. The summed E-state index contributed by atoms with van der Waals surface area (Å²) in [6.07, 6.45) is -1.82. The van der Waals surface area contributed by atoms with E-state index in [1.54, 1.807) is 41.7 Å². The summed E-state index contributed by atoms with van der Waals surface area (Å²) in [5.74, 6) is -1.44. The smallest absolute Gasteiger partial charge is 0.417 e. The van der Waals surface area contributed by atoms with Crippen LogP contribution in [0.25, 0.3) is 0 Å². The summed E-state index contributed by atoms with van der Waals surface area (Å²) in [5, 5.41) is 6.44. The summed E-state index contributed by atoms with van der Waals surface area (Å²) in [5.41, 5.74) is 0.997. The van der Waals surface area contributed by atoms with Gasteiger partial charge in [-0.1, -0.05) is 34.6 Å².